The highest BCUT2D eigenvalue weighted by Gasteiger charge is 2.31. The molecule has 130 valence electrons. The Hall–Kier alpha value is -2.34. The van der Waals surface area contributed by atoms with Crippen molar-refractivity contribution >= 4 is 29.0 Å². The SMILES string of the molecule is CCC1c2ccsc2CCN1C(=O)c1cccc(N2CCNC2=O)c1. The molecule has 2 aliphatic heterocycles. The molecule has 4 rings (SSSR count). The number of carbonyl (C=O) groups is 2. The summed E-state index contributed by atoms with van der Waals surface area (Å²) in [4.78, 5) is 30.1. The largest absolute Gasteiger partial charge is 0.336 e. The number of anilines is 1. The highest BCUT2D eigenvalue weighted by atomic mass is 32.1. The van der Waals surface area contributed by atoms with Crippen molar-refractivity contribution in [3.05, 3.63) is 51.7 Å². The zero-order chi connectivity index (χ0) is 17.4. The summed E-state index contributed by atoms with van der Waals surface area (Å²) in [5.41, 5.74) is 2.72. The second-order valence-electron chi connectivity index (χ2n) is 6.41. The minimum atomic E-state index is -0.100. The van der Waals surface area contributed by atoms with Crippen molar-refractivity contribution in [1.82, 2.24) is 10.2 Å². The zero-order valence-electron chi connectivity index (χ0n) is 14.2. The Morgan fingerprint density at radius 2 is 2.20 bits per heavy atom. The van der Waals surface area contributed by atoms with Crippen LogP contribution in [0.4, 0.5) is 10.5 Å². The minimum Gasteiger partial charge on any atom is -0.336 e. The summed E-state index contributed by atoms with van der Waals surface area (Å²) >= 11 is 1.78. The van der Waals surface area contributed by atoms with E-state index < -0.39 is 0 Å². The highest BCUT2D eigenvalue weighted by Crippen LogP contribution is 2.36. The third-order valence-electron chi connectivity index (χ3n) is 5.00. The van der Waals surface area contributed by atoms with Gasteiger partial charge >= 0.3 is 6.03 Å². The van der Waals surface area contributed by atoms with Crippen LogP contribution in [0.25, 0.3) is 0 Å². The normalized spacial score (nSPS) is 19.7. The average Bonchev–Trinajstić information content (AvgIpc) is 3.28. The van der Waals surface area contributed by atoms with Gasteiger partial charge in [-0.2, -0.15) is 0 Å². The molecule has 25 heavy (non-hydrogen) atoms. The molecule has 2 aromatic rings. The van der Waals surface area contributed by atoms with Gasteiger partial charge in [-0.05, 0) is 48.1 Å². The molecule has 1 aromatic carbocycles. The van der Waals surface area contributed by atoms with E-state index >= 15 is 0 Å². The number of benzene rings is 1. The first-order valence-electron chi connectivity index (χ1n) is 8.71. The number of hydrogen-bond acceptors (Lipinski definition) is 3. The Morgan fingerprint density at radius 1 is 1.32 bits per heavy atom. The predicted molar refractivity (Wildman–Crippen MR) is 99.3 cm³/mol. The lowest BCUT2D eigenvalue weighted by Crippen LogP contribution is -2.39. The molecule has 0 aliphatic carbocycles. The number of thiophene rings is 1. The first-order chi connectivity index (χ1) is 12.2. The Morgan fingerprint density at radius 3 is 2.96 bits per heavy atom. The van der Waals surface area contributed by atoms with E-state index in [1.165, 1.54) is 10.4 Å². The molecule has 5 nitrogen and oxygen atoms in total. The molecule has 3 heterocycles. The highest BCUT2D eigenvalue weighted by molar-refractivity contribution is 7.10. The maximum absolute atomic E-state index is 13.2. The van der Waals surface area contributed by atoms with E-state index in [4.69, 9.17) is 0 Å². The molecule has 1 unspecified atom stereocenters. The number of rotatable bonds is 3. The van der Waals surface area contributed by atoms with Gasteiger partial charge in [-0.1, -0.05) is 13.0 Å². The summed E-state index contributed by atoms with van der Waals surface area (Å²) in [7, 11) is 0. The van der Waals surface area contributed by atoms with E-state index in [-0.39, 0.29) is 18.0 Å². The fourth-order valence-electron chi connectivity index (χ4n) is 3.77. The summed E-state index contributed by atoms with van der Waals surface area (Å²) in [6, 6.07) is 9.61. The first kappa shape index (κ1) is 16.1. The van der Waals surface area contributed by atoms with Gasteiger partial charge in [0.15, 0.2) is 0 Å². The van der Waals surface area contributed by atoms with Crippen LogP contribution in [0.2, 0.25) is 0 Å². The number of urea groups is 1. The number of carbonyl (C=O) groups excluding carboxylic acids is 2. The van der Waals surface area contributed by atoms with Gasteiger partial charge in [0.1, 0.15) is 0 Å². The molecular formula is C19H21N3O2S. The third-order valence-corrected chi connectivity index (χ3v) is 6.00. The molecule has 6 heteroatoms. The number of nitrogens with one attached hydrogen (secondary N) is 1. The van der Waals surface area contributed by atoms with E-state index in [1.807, 2.05) is 29.2 Å². The van der Waals surface area contributed by atoms with Gasteiger partial charge in [0.2, 0.25) is 0 Å². The Bertz CT molecular complexity index is 817. The standard InChI is InChI=1S/C19H21N3O2S/c1-2-16-15-7-11-25-17(15)6-9-22(16)18(23)13-4-3-5-14(12-13)21-10-8-20-19(21)24/h3-5,7,11-12,16H,2,6,8-10H2,1H3,(H,20,24). The Balaban J connectivity index is 1.62. The van der Waals surface area contributed by atoms with Gasteiger partial charge in [0.25, 0.3) is 5.91 Å². The Kier molecular flexibility index (Phi) is 4.21. The topological polar surface area (TPSA) is 52.7 Å². The van der Waals surface area contributed by atoms with Crippen molar-refractivity contribution in [2.24, 2.45) is 0 Å². The van der Waals surface area contributed by atoms with Crippen LogP contribution in [0.1, 0.15) is 40.2 Å². The fourth-order valence-corrected chi connectivity index (χ4v) is 4.70. The monoisotopic (exact) mass is 355 g/mol. The lowest BCUT2D eigenvalue weighted by molar-refractivity contribution is 0.0657. The minimum absolute atomic E-state index is 0.0464. The maximum Gasteiger partial charge on any atom is 0.321 e. The van der Waals surface area contributed by atoms with Gasteiger partial charge < -0.3 is 10.2 Å². The molecule has 0 bridgehead atoms. The number of fused-ring (bicyclic) bond motifs is 1. The smallest absolute Gasteiger partial charge is 0.321 e. The Labute approximate surface area is 151 Å². The summed E-state index contributed by atoms with van der Waals surface area (Å²) in [6.07, 6.45) is 1.83. The van der Waals surface area contributed by atoms with Gasteiger partial charge in [-0.3, -0.25) is 9.69 Å². The van der Waals surface area contributed by atoms with Crippen LogP contribution in [0.15, 0.2) is 35.7 Å². The van der Waals surface area contributed by atoms with Crippen molar-refractivity contribution in [1.29, 1.82) is 0 Å². The van der Waals surface area contributed by atoms with Crippen LogP contribution in [0.5, 0.6) is 0 Å². The lowest BCUT2D eigenvalue weighted by atomic mass is 9.96. The summed E-state index contributed by atoms with van der Waals surface area (Å²) in [5.74, 6) is 0.0464. The van der Waals surface area contributed by atoms with Gasteiger partial charge in [-0.15, -0.1) is 11.3 Å². The number of nitrogens with zero attached hydrogens (tertiary/aromatic N) is 2. The maximum atomic E-state index is 13.2. The van der Waals surface area contributed by atoms with E-state index in [0.717, 1.165) is 25.1 Å². The van der Waals surface area contributed by atoms with Crippen molar-refractivity contribution in [3.63, 3.8) is 0 Å². The van der Waals surface area contributed by atoms with E-state index in [9.17, 15) is 9.59 Å². The molecule has 2 aliphatic rings. The van der Waals surface area contributed by atoms with Crippen LogP contribution >= 0.6 is 11.3 Å². The second-order valence-corrected chi connectivity index (χ2v) is 7.41. The fraction of sp³-hybridized carbons (Fsp3) is 0.368. The quantitative estimate of drug-likeness (QED) is 0.917. The summed E-state index contributed by atoms with van der Waals surface area (Å²) < 4.78 is 0. The summed E-state index contributed by atoms with van der Waals surface area (Å²) in [5, 5.41) is 4.92. The van der Waals surface area contributed by atoms with Gasteiger partial charge in [-0.25, -0.2) is 4.79 Å². The molecule has 0 saturated carbocycles. The van der Waals surface area contributed by atoms with E-state index in [0.29, 0.717) is 18.7 Å². The van der Waals surface area contributed by atoms with Crippen LogP contribution in [-0.2, 0) is 6.42 Å². The van der Waals surface area contributed by atoms with Crippen molar-refractivity contribution < 1.29 is 9.59 Å². The molecule has 1 fully saturated rings. The van der Waals surface area contributed by atoms with Crippen LogP contribution < -0.4 is 10.2 Å². The van der Waals surface area contributed by atoms with Crippen molar-refractivity contribution in [2.75, 3.05) is 24.5 Å². The summed E-state index contributed by atoms with van der Waals surface area (Å²) in [6.45, 7) is 4.15. The molecule has 1 N–H and O–H groups in total. The molecule has 3 amide bonds. The molecule has 0 radical (unpaired) electrons. The third kappa shape index (κ3) is 2.80. The van der Waals surface area contributed by atoms with Crippen molar-refractivity contribution in [3.8, 4) is 0 Å². The first-order valence-corrected chi connectivity index (χ1v) is 9.59. The van der Waals surface area contributed by atoms with Crippen LogP contribution in [0, 0.1) is 0 Å². The van der Waals surface area contributed by atoms with E-state index in [2.05, 4.69) is 23.7 Å². The average molecular weight is 355 g/mol. The molecular weight excluding hydrogens is 334 g/mol. The van der Waals surface area contributed by atoms with Crippen LogP contribution in [0.3, 0.4) is 0 Å². The molecule has 1 saturated heterocycles. The van der Waals surface area contributed by atoms with E-state index in [1.54, 1.807) is 16.2 Å². The number of hydrogen-bond donors (Lipinski definition) is 1. The van der Waals surface area contributed by atoms with Gasteiger partial charge in [0.05, 0.1) is 6.04 Å². The number of amides is 3. The molecule has 1 aromatic heterocycles. The van der Waals surface area contributed by atoms with Gasteiger partial charge in [0, 0.05) is 35.8 Å². The van der Waals surface area contributed by atoms with Crippen molar-refractivity contribution in [2.45, 2.75) is 25.8 Å². The zero-order valence-corrected chi connectivity index (χ0v) is 15.0. The van der Waals surface area contributed by atoms with Crippen LogP contribution in [-0.4, -0.2) is 36.5 Å². The lowest BCUT2D eigenvalue weighted by Gasteiger charge is -2.35. The molecule has 1 atom stereocenters. The predicted octanol–water partition coefficient (Wildman–Crippen LogP) is 3.43. The second kappa shape index (κ2) is 6.52. The molecule has 0 spiro atoms.